The second kappa shape index (κ2) is 6.63. The van der Waals surface area contributed by atoms with Crippen molar-refractivity contribution in [1.29, 1.82) is 0 Å². The Morgan fingerprint density at radius 1 is 1.26 bits per heavy atom. The standard InChI is InChI=1S/C14H15N3O5S/c1-22-14-5-3-2-4-10(14)9-16-12-7-6-11(23(15,20)21)8-13(12)17(18)19/h2-8,16H,9H2,1H3,(H2,15,20,21). The summed E-state index contributed by atoms with van der Waals surface area (Å²) < 4.78 is 27.8. The first-order valence-corrected chi connectivity index (χ1v) is 8.04. The molecule has 8 nitrogen and oxygen atoms in total. The van der Waals surface area contributed by atoms with Gasteiger partial charge >= 0.3 is 0 Å². The van der Waals surface area contributed by atoms with Crippen LogP contribution in [-0.2, 0) is 16.6 Å². The molecule has 2 aromatic rings. The van der Waals surface area contributed by atoms with E-state index in [2.05, 4.69) is 5.32 Å². The number of anilines is 1. The second-order valence-electron chi connectivity index (χ2n) is 4.65. The van der Waals surface area contributed by atoms with Crippen molar-refractivity contribution >= 4 is 21.4 Å². The highest BCUT2D eigenvalue weighted by Crippen LogP contribution is 2.28. The molecule has 0 aliphatic heterocycles. The number of nitrogens with one attached hydrogen (secondary N) is 1. The highest BCUT2D eigenvalue weighted by molar-refractivity contribution is 7.89. The molecule has 2 aromatic carbocycles. The van der Waals surface area contributed by atoms with Gasteiger partial charge in [0.25, 0.3) is 5.69 Å². The van der Waals surface area contributed by atoms with Gasteiger partial charge in [-0.1, -0.05) is 18.2 Å². The largest absolute Gasteiger partial charge is 0.496 e. The molecule has 9 heteroatoms. The molecule has 0 heterocycles. The van der Waals surface area contributed by atoms with Gasteiger partial charge in [0.2, 0.25) is 10.0 Å². The maximum absolute atomic E-state index is 11.3. The Labute approximate surface area is 133 Å². The van der Waals surface area contributed by atoms with E-state index in [9.17, 15) is 18.5 Å². The Morgan fingerprint density at radius 2 is 1.96 bits per heavy atom. The number of nitrogens with zero attached hydrogens (tertiary/aromatic N) is 1. The molecule has 0 saturated heterocycles. The van der Waals surface area contributed by atoms with Gasteiger partial charge in [0.05, 0.1) is 16.9 Å². The number of primary sulfonamides is 1. The van der Waals surface area contributed by atoms with Crippen LogP contribution in [0.1, 0.15) is 5.56 Å². The van der Waals surface area contributed by atoms with Gasteiger partial charge in [0.1, 0.15) is 11.4 Å². The van der Waals surface area contributed by atoms with Gasteiger partial charge in [0.15, 0.2) is 0 Å². The summed E-state index contributed by atoms with van der Waals surface area (Å²) in [7, 11) is -2.48. The number of methoxy groups -OCH3 is 1. The zero-order valence-corrected chi connectivity index (χ0v) is 13.0. The van der Waals surface area contributed by atoms with Crippen LogP contribution in [0.3, 0.4) is 0 Å². The van der Waals surface area contributed by atoms with E-state index in [-0.39, 0.29) is 22.8 Å². The highest BCUT2D eigenvalue weighted by Gasteiger charge is 2.19. The van der Waals surface area contributed by atoms with Gasteiger partial charge in [-0.15, -0.1) is 0 Å². The van der Waals surface area contributed by atoms with E-state index in [1.165, 1.54) is 19.2 Å². The van der Waals surface area contributed by atoms with Crippen LogP contribution in [0, 0.1) is 10.1 Å². The van der Waals surface area contributed by atoms with Gasteiger partial charge in [0, 0.05) is 18.2 Å². The molecule has 0 bridgehead atoms. The molecule has 23 heavy (non-hydrogen) atoms. The van der Waals surface area contributed by atoms with Crippen LogP contribution in [0.4, 0.5) is 11.4 Å². The molecule has 3 N–H and O–H groups in total. The Bertz CT molecular complexity index is 836. The van der Waals surface area contributed by atoms with Gasteiger partial charge < -0.3 is 10.1 Å². The molecule has 0 aromatic heterocycles. The Hall–Kier alpha value is -2.65. The SMILES string of the molecule is COc1ccccc1CNc1ccc(S(N)(=O)=O)cc1[N+](=O)[O-]. The Balaban J connectivity index is 2.31. The summed E-state index contributed by atoms with van der Waals surface area (Å²) in [4.78, 5) is 10.2. The molecular formula is C14H15N3O5S. The van der Waals surface area contributed by atoms with Crippen molar-refractivity contribution in [3.63, 3.8) is 0 Å². The molecule has 0 unspecified atom stereocenters. The predicted molar refractivity (Wildman–Crippen MR) is 84.8 cm³/mol. The minimum absolute atomic E-state index is 0.188. The van der Waals surface area contributed by atoms with Crippen molar-refractivity contribution < 1.29 is 18.1 Å². The van der Waals surface area contributed by atoms with Crippen molar-refractivity contribution in [3.05, 3.63) is 58.1 Å². The van der Waals surface area contributed by atoms with E-state index in [0.29, 0.717) is 5.75 Å². The van der Waals surface area contributed by atoms with E-state index in [1.54, 1.807) is 6.07 Å². The number of nitrogens with two attached hydrogens (primary N) is 1. The van der Waals surface area contributed by atoms with Crippen LogP contribution < -0.4 is 15.2 Å². The van der Waals surface area contributed by atoms with E-state index in [1.807, 2.05) is 18.2 Å². The third-order valence-electron chi connectivity index (χ3n) is 3.16. The zero-order valence-electron chi connectivity index (χ0n) is 12.2. The number of benzene rings is 2. The van der Waals surface area contributed by atoms with Crippen LogP contribution in [0.15, 0.2) is 47.4 Å². The normalized spacial score (nSPS) is 11.0. The number of hydrogen-bond acceptors (Lipinski definition) is 6. The maximum Gasteiger partial charge on any atom is 0.293 e. The summed E-state index contributed by atoms with van der Waals surface area (Å²) in [6, 6.07) is 10.7. The van der Waals surface area contributed by atoms with Crippen molar-refractivity contribution in [2.75, 3.05) is 12.4 Å². The topological polar surface area (TPSA) is 125 Å². The van der Waals surface area contributed by atoms with E-state index < -0.39 is 14.9 Å². The van der Waals surface area contributed by atoms with Crippen molar-refractivity contribution in [2.24, 2.45) is 5.14 Å². The van der Waals surface area contributed by atoms with E-state index in [0.717, 1.165) is 11.6 Å². The monoisotopic (exact) mass is 337 g/mol. The summed E-state index contributed by atoms with van der Waals surface area (Å²) in [5.74, 6) is 0.642. The summed E-state index contributed by atoms with van der Waals surface area (Å²) in [5, 5.41) is 19.0. The third-order valence-corrected chi connectivity index (χ3v) is 4.07. The van der Waals surface area contributed by atoms with Gasteiger partial charge in [-0.3, -0.25) is 10.1 Å². The van der Waals surface area contributed by atoms with Crippen LogP contribution in [0.5, 0.6) is 5.75 Å². The maximum atomic E-state index is 11.3. The summed E-state index contributed by atoms with van der Waals surface area (Å²) >= 11 is 0. The highest BCUT2D eigenvalue weighted by atomic mass is 32.2. The second-order valence-corrected chi connectivity index (χ2v) is 6.21. The third kappa shape index (κ3) is 3.96. The number of hydrogen-bond donors (Lipinski definition) is 2. The summed E-state index contributed by atoms with van der Waals surface area (Å²) in [5.41, 5.74) is 0.625. The minimum atomic E-state index is -4.01. The fourth-order valence-electron chi connectivity index (χ4n) is 2.03. The van der Waals surface area contributed by atoms with Crippen LogP contribution >= 0.6 is 0 Å². The Kier molecular flexibility index (Phi) is 4.82. The zero-order chi connectivity index (χ0) is 17.0. The van der Waals surface area contributed by atoms with Crippen LogP contribution in [-0.4, -0.2) is 20.5 Å². The lowest BCUT2D eigenvalue weighted by Gasteiger charge is -2.11. The van der Waals surface area contributed by atoms with Crippen molar-refractivity contribution in [2.45, 2.75) is 11.4 Å². The van der Waals surface area contributed by atoms with Gasteiger partial charge in [-0.2, -0.15) is 0 Å². The molecule has 0 radical (unpaired) electrons. The minimum Gasteiger partial charge on any atom is -0.496 e. The summed E-state index contributed by atoms with van der Waals surface area (Å²) in [6.45, 7) is 0.277. The first-order chi connectivity index (χ1) is 10.8. The number of nitro groups is 1. The summed E-state index contributed by atoms with van der Waals surface area (Å²) in [6.07, 6.45) is 0. The Morgan fingerprint density at radius 3 is 2.57 bits per heavy atom. The van der Waals surface area contributed by atoms with E-state index >= 15 is 0 Å². The molecule has 0 amide bonds. The fraction of sp³-hybridized carbons (Fsp3) is 0.143. The lowest BCUT2D eigenvalue weighted by atomic mass is 10.2. The lowest BCUT2D eigenvalue weighted by molar-refractivity contribution is -0.384. The molecule has 0 atom stereocenters. The molecule has 122 valence electrons. The van der Waals surface area contributed by atoms with E-state index in [4.69, 9.17) is 9.88 Å². The quantitative estimate of drug-likeness (QED) is 0.612. The fourth-order valence-corrected chi connectivity index (χ4v) is 2.56. The molecule has 2 rings (SSSR count). The number of nitro benzene ring substituents is 1. The smallest absolute Gasteiger partial charge is 0.293 e. The number of ether oxygens (including phenoxy) is 1. The van der Waals surface area contributed by atoms with Crippen LogP contribution in [0.25, 0.3) is 0 Å². The first kappa shape index (κ1) is 16.7. The first-order valence-electron chi connectivity index (χ1n) is 6.50. The number of sulfonamides is 1. The van der Waals surface area contributed by atoms with Crippen molar-refractivity contribution in [3.8, 4) is 5.75 Å². The average molecular weight is 337 g/mol. The molecule has 0 fully saturated rings. The average Bonchev–Trinajstić information content (AvgIpc) is 2.52. The van der Waals surface area contributed by atoms with Crippen LogP contribution in [0.2, 0.25) is 0 Å². The molecule has 0 aliphatic carbocycles. The molecule has 0 spiro atoms. The van der Waals surface area contributed by atoms with Crippen molar-refractivity contribution in [1.82, 2.24) is 0 Å². The predicted octanol–water partition coefficient (Wildman–Crippen LogP) is 1.86. The van der Waals surface area contributed by atoms with Gasteiger partial charge in [-0.05, 0) is 18.2 Å². The lowest BCUT2D eigenvalue weighted by Crippen LogP contribution is -2.13. The molecule has 0 aliphatic rings. The molecular weight excluding hydrogens is 322 g/mol. The number of rotatable bonds is 6. The molecule has 0 saturated carbocycles. The number of para-hydroxylation sites is 1. The van der Waals surface area contributed by atoms with Gasteiger partial charge in [-0.25, -0.2) is 13.6 Å².